The average molecular weight is 611 g/mol. The van der Waals surface area contributed by atoms with Crippen molar-refractivity contribution < 1.29 is 31.9 Å². The SMILES string of the molecule is Cn1cc(C(=O)NCC(NS(=O)(=O)c2cccc3ccccc23)C(=O)O)c(=O)c2cc(F)c(CNC3=NCC=N3)c(F)c21. The van der Waals surface area contributed by atoms with Gasteiger partial charge in [-0.15, -0.1) is 0 Å². The second kappa shape index (κ2) is 11.7. The summed E-state index contributed by atoms with van der Waals surface area (Å²) in [5, 5.41) is 15.2. The third-order valence-electron chi connectivity index (χ3n) is 6.76. The minimum atomic E-state index is -4.36. The molecule has 5 rings (SSSR count). The number of amides is 1. The smallest absolute Gasteiger partial charge is 0.323 e. The number of hydrogen-bond donors (Lipinski definition) is 4. The number of nitrogens with zero attached hydrogens (tertiary/aromatic N) is 3. The van der Waals surface area contributed by atoms with Gasteiger partial charge in [0.05, 0.1) is 22.3 Å². The van der Waals surface area contributed by atoms with Crippen LogP contribution in [-0.4, -0.2) is 61.3 Å². The summed E-state index contributed by atoms with van der Waals surface area (Å²) in [5.41, 5.74) is -2.17. The molecule has 1 aliphatic rings. The van der Waals surface area contributed by atoms with E-state index in [4.69, 9.17) is 0 Å². The number of aromatic nitrogens is 1. The predicted octanol–water partition coefficient (Wildman–Crippen LogP) is 1.66. The van der Waals surface area contributed by atoms with Crippen LogP contribution >= 0.6 is 0 Å². The second-order valence-corrected chi connectivity index (χ2v) is 11.2. The summed E-state index contributed by atoms with van der Waals surface area (Å²) in [6, 6.07) is 10.2. The van der Waals surface area contributed by atoms with E-state index in [0.29, 0.717) is 17.3 Å². The summed E-state index contributed by atoms with van der Waals surface area (Å²) < 4.78 is 59.7. The van der Waals surface area contributed by atoms with Crippen LogP contribution in [0.4, 0.5) is 8.78 Å². The number of carbonyl (C=O) groups excluding carboxylic acids is 1. The zero-order valence-corrected chi connectivity index (χ0v) is 23.3. The van der Waals surface area contributed by atoms with Crippen LogP contribution in [0.5, 0.6) is 0 Å². The van der Waals surface area contributed by atoms with Gasteiger partial charge in [-0.05, 0) is 17.5 Å². The van der Waals surface area contributed by atoms with Gasteiger partial charge in [0.1, 0.15) is 17.4 Å². The number of sulfonamides is 1. The quantitative estimate of drug-likeness (QED) is 0.223. The fourth-order valence-electron chi connectivity index (χ4n) is 4.67. The summed E-state index contributed by atoms with van der Waals surface area (Å²) in [6.07, 6.45) is 2.55. The number of nitrogens with one attached hydrogen (secondary N) is 3. The molecule has 0 radical (unpaired) electrons. The molecule has 12 nitrogen and oxygen atoms in total. The van der Waals surface area contributed by atoms with Gasteiger partial charge in [-0.25, -0.2) is 27.2 Å². The first-order valence-electron chi connectivity index (χ1n) is 12.8. The number of aliphatic imine (C=N–C) groups is 2. The minimum absolute atomic E-state index is 0.158. The van der Waals surface area contributed by atoms with Gasteiger partial charge >= 0.3 is 5.97 Å². The fourth-order valence-corrected chi connectivity index (χ4v) is 6.09. The number of halogens is 2. The lowest BCUT2D eigenvalue weighted by Gasteiger charge is -2.17. The Kier molecular flexibility index (Phi) is 8.02. The van der Waals surface area contributed by atoms with Crippen molar-refractivity contribution in [2.45, 2.75) is 17.5 Å². The van der Waals surface area contributed by atoms with Crippen LogP contribution in [0.2, 0.25) is 0 Å². The van der Waals surface area contributed by atoms with E-state index in [1.165, 1.54) is 25.4 Å². The third-order valence-corrected chi connectivity index (χ3v) is 8.29. The molecule has 0 fully saturated rings. The molecule has 0 saturated heterocycles. The largest absolute Gasteiger partial charge is 0.480 e. The molecule has 43 heavy (non-hydrogen) atoms. The zero-order valence-electron chi connectivity index (χ0n) is 22.5. The number of hydrogen-bond acceptors (Lipinski definition) is 8. The van der Waals surface area contributed by atoms with Crippen LogP contribution < -0.4 is 20.8 Å². The third kappa shape index (κ3) is 5.85. The summed E-state index contributed by atoms with van der Waals surface area (Å²) >= 11 is 0. The number of guanidine groups is 1. The molecule has 222 valence electrons. The number of fused-ring (bicyclic) bond motifs is 2. The molecule has 0 bridgehead atoms. The maximum atomic E-state index is 15.4. The molecule has 15 heteroatoms. The average Bonchev–Trinajstić information content (AvgIpc) is 3.49. The highest BCUT2D eigenvalue weighted by Crippen LogP contribution is 2.24. The number of pyridine rings is 1. The Bertz CT molecular complexity index is 2020. The van der Waals surface area contributed by atoms with Gasteiger partial charge < -0.3 is 20.3 Å². The highest BCUT2D eigenvalue weighted by Gasteiger charge is 2.28. The Labute approximate surface area is 242 Å². The molecular formula is C28H24F2N6O6S. The molecule has 3 aromatic carbocycles. The maximum Gasteiger partial charge on any atom is 0.323 e. The molecule has 0 saturated carbocycles. The molecule has 1 atom stereocenters. The van der Waals surface area contributed by atoms with Gasteiger partial charge in [0, 0.05) is 43.5 Å². The molecule has 1 unspecified atom stereocenters. The predicted molar refractivity (Wildman–Crippen MR) is 155 cm³/mol. The lowest BCUT2D eigenvalue weighted by atomic mass is 10.1. The Morgan fingerprint density at radius 2 is 1.86 bits per heavy atom. The van der Waals surface area contributed by atoms with Gasteiger partial charge in [0.15, 0.2) is 5.82 Å². The fraction of sp³-hybridized carbons (Fsp3) is 0.179. The van der Waals surface area contributed by atoms with E-state index < -0.39 is 62.5 Å². The van der Waals surface area contributed by atoms with Crippen molar-refractivity contribution in [1.29, 1.82) is 0 Å². The monoisotopic (exact) mass is 610 g/mol. The van der Waals surface area contributed by atoms with Crippen molar-refractivity contribution in [3.63, 3.8) is 0 Å². The molecular weight excluding hydrogens is 586 g/mol. The van der Waals surface area contributed by atoms with Gasteiger partial charge in [-0.3, -0.25) is 14.4 Å². The Hall–Kier alpha value is -5.02. The number of carboxylic acids is 1. The van der Waals surface area contributed by atoms with Crippen LogP contribution in [-0.2, 0) is 28.4 Å². The van der Waals surface area contributed by atoms with E-state index in [2.05, 4.69) is 25.3 Å². The van der Waals surface area contributed by atoms with E-state index in [9.17, 15) is 32.3 Å². The number of carboxylic acid groups (broad SMARTS) is 1. The highest BCUT2D eigenvalue weighted by atomic mass is 32.2. The highest BCUT2D eigenvalue weighted by molar-refractivity contribution is 7.89. The number of aryl methyl sites for hydroxylation is 1. The van der Waals surface area contributed by atoms with Gasteiger partial charge in [-0.1, -0.05) is 36.4 Å². The molecule has 1 aromatic heterocycles. The lowest BCUT2D eigenvalue weighted by Crippen LogP contribution is -2.48. The van der Waals surface area contributed by atoms with Gasteiger partial charge in [0.25, 0.3) is 5.91 Å². The summed E-state index contributed by atoms with van der Waals surface area (Å²) in [4.78, 5) is 45.8. The van der Waals surface area contributed by atoms with E-state index in [0.717, 1.165) is 16.8 Å². The molecule has 0 aliphatic carbocycles. The van der Waals surface area contributed by atoms with E-state index in [-0.39, 0.29) is 28.5 Å². The first-order valence-corrected chi connectivity index (χ1v) is 14.3. The van der Waals surface area contributed by atoms with Crippen molar-refractivity contribution in [3.05, 3.63) is 87.7 Å². The minimum Gasteiger partial charge on any atom is -0.480 e. The normalized spacial score (nSPS) is 13.7. The zero-order chi connectivity index (χ0) is 30.9. The molecule has 0 spiro atoms. The van der Waals surface area contributed by atoms with Crippen molar-refractivity contribution in [2.75, 3.05) is 13.1 Å². The van der Waals surface area contributed by atoms with Crippen molar-refractivity contribution >= 4 is 55.7 Å². The Morgan fingerprint density at radius 1 is 1.12 bits per heavy atom. The Balaban J connectivity index is 1.38. The van der Waals surface area contributed by atoms with Crippen LogP contribution in [0, 0.1) is 11.6 Å². The first kappa shape index (κ1) is 29.5. The topological polar surface area (TPSA) is 171 Å². The second-order valence-electron chi connectivity index (χ2n) is 9.56. The van der Waals surface area contributed by atoms with Crippen LogP contribution in [0.1, 0.15) is 15.9 Å². The molecule has 4 aromatic rings. The van der Waals surface area contributed by atoms with Crippen molar-refractivity contribution in [2.24, 2.45) is 17.0 Å². The molecule has 1 amide bonds. The number of aliphatic carboxylic acids is 1. The van der Waals surface area contributed by atoms with Crippen LogP contribution in [0.3, 0.4) is 0 Å². The van der Waals surface area contributed by atoms with Crippen LogP contribution in [0.25, 0.3) is 21.7 Å². The van der Waals surface area contributed by atoms with E-state index in [1.54, 1.807) is 30.3 Å². The summed E-state index contributed by atoms with van der Waals surface area (Å²) in [7, 11) is -3.02. The number of benzene rings is 3. The summed E-state index contributed by atoms with van der Waals surface area (Å²) in [6.45, 7) is -0.696. The number of carbonyl (C=O) groups is 2. The summed E-state index contributed by atoms with van der Waals surface area (Å²) in [5.74, 6) is -4.51. The van der Waals surface area contributed by atoms with Gasteiger partial charge in [0.2, 0.25) is 21.4 Å². The molecule has 2 heterocycles. The van der Waals surface area contributed by atoms with Crippen molar-refractivity contribution in [1.82, 2.24) is 19.9 Å². The first-order chi connectivity index (χ1) is 20.5. The molecule has 1 aliphatic heterocycles. The standard InChI is InChI=1S/C28H24F2N6O6S/c1-36-14-19(25(37)17-11-20(29)18(23(30)24(17)36)12-34-28-31-9-10-32-28)26(38)33-13-21(27(39)40)35-43(41,42)22-8-4-6-15-5-2-3-7-16(15)22/h2-9,11,14,21,35H,10,12-13H2,1H3,(H,32,34)(H,33,38)(H,39,40). The molecule has 4 N–H and O–H groups in total. The number of rotatable bonds is 9. The van der Waals surface area contributed by atoms with Gasteiger partial charge in [-0.2, -0.15) is 4.72 Å². The lowest BCUT2D eigenvalue weighted by molar-refractivity contribution is -0.138. The maximum absolute atomic E-state index is 15.4. The van der Waals surface area contributed by atoms with Crippen LogP contribution in [0.15, 0.2) is 74.4 Å². The van der Waals surface area contributed by atoms with E-state index >= 15 is 4.39 Å². The Morgan fingerprint density at radius 3 is 2.58 bits per heavy atom. The van der Waals surface area contributed by atoms with Crippen molar-refractivity contribution in [3.8, 4) is 0 Å². The van der Waals surface area contributed by atoms with E-state index in [1.807, 2.05) is 0 Å².